The lowest BCUT2D eigenvalue weighted by Crippen LogP contribution is -2.03. The third kappa shape index (κ3) is 1.90. The number of rotatable bonds is 3. The lowest BCUT2D eigenvalue weighted by molar-refractivity contribution is 0.607. The molecule has 0 fully saturated rings. The van der Waals surface area contributed by atoms with E-state index in [1.54, 1.807) is 0 Å². The summed E-state index contributed by atoms with van der Waals surface area (Å²) in [5.41, 5.74) is 8.88. The first-order chi connectivity index (χ1) is 6.20. The van der Waals surface area contributed by atoms with E-state index in [4.69, 9.17) is 12.2 Å². The van der Waals surface area contributed by atoms with Crippen LogP contribution in [0.25, 0.3) is 0 Å². The Hall–Kier alpha value is -1.27. The van der Waals surface area contributed by atoms with Crippen LogP contribution in [0.4, 0.5) is 0 Å². The Morgan fingerprint density at radius 2 is 2.23 bits per heavy atom. The maximum Gasteiger partial charge on any atom is 0.0641 e. The molecule has 1 heterocycles. The molecule has 0 aromatic carbocycles. The van der Waals surface area contributed by atoms with Crippen LogP contribution in [0, 0.1) is 26.2 Å². The first-order valence-corrected chi connectivity index (χ1v) is 4.37. The zero-order valence-electron chi connectivity index (χ0n) is 8.17. The van der Waals surface area contributed by atoms with Crippen LogP contribution in [-0.4, -0.2) is 9.78 Å². The van der Waals surface area contributed by atoms with Crippen LogP contribution < -0.4 is 5.73 Å². The number of hydrogen-bond acceptors (Lipinski definition) is 2. The first kappa shape index (κ1) is 9.82. The minimum absolute atomic E-state index is 0.549. The molecule has 2 N–H and O–H groups in total. The van der Waals surface area contributed by atoms with E-state index in [9.17, 15) is 0 Å². The molecule has 0 spiro atoms. The van der Waals surface area contributed by atoms with E-state index in [1.165, 1.54) is 0 Å². The minimum Gasteiger partial charge on any atom is -0.326 e. The van der Waals surface area contributed by atoms with E-state index in [-0.39, 0.29) is 0 Å². The molecule has 0 saturated heterocycles. The number of terminal acetylenes is 1. The molecule has 0 bridgehead atoms. The molecule has 0 atom stereocenters. The van der Waals surface area contributed by atoms with Crippen molar-refractivity contribution in [1.29, 1.82) is 0 Å². The fraction of sp³-hybridized carbons (Fsp3) is 0.500. The van der Waals surface area contributed by atoms with E-state index in [0.717, 1.165) is 23.5 Å². The average Bonchev–Trinajstić information content (AvgIpc) is 2.38. The summed E-state index contributed by atoms with van der Waals surface area (Å²) in [5, 5.41) is 4.36. The van der Waals surface area contributed by atoms with Crippen molar-refractivity contribution in [3.63, 3.8) is 0 Å². The Labute approximate surface area is 78.9 Å². The maximum absolute atomic E-state index is 5.60. The summed E-state index contributed by atoms with van der Waals surface area (Å²) in [6, 6.07) is 0. The van der Waals surface area contributed by atoms with Gasteiger partial charge in [-0.25, -0.2) is 0 Å². The first-order valence-electron chi connectivity index (χ1n) is 4.37. The smallest absolute Gasteiger partial charge is 0.0641 e. The van der Waals surface area contributed by atoms with Gasteiger partial charge in [-0.3, -0.25) is 4.68 Å². The van der Waals surface area contributed by atoms with Gasteiger partial charge in [-0.15, -0.1) is 12.3 Å². The molecule has 3 nitrogen and oxygen atoms in total. The molecule has 1 aromatic heterocycles. The fourth-order valence-corrected chi connectivity index (χ4v) is 1.42. The Balaban J connectivity index is 2.91. The van der Waals surface area contributed by atoms with Crippen LogP contribution in [0.1, 0.15) is 23.4 Å². The van der Waals surface area contributed by atoms with Gasteiger partial charge in [0.05, 0.1) is 12.2 Å². The molecular formula is C10H15N3. The summed E-state index contributed by atoms with van der Waals surface area (Å²) in [7, 11) is 0. The van der Waals surface area contributed by atoms with Crippen molar-refractivity contribution >= 4 is 0 Å². The van der Waals surface area contributed by atoms with Gasteiger partial charge in [0.25, 0.3) is 0 Å². The summed E-state index contributed by atoms with van der Waals surface area (Å²) >= 11 is 0. The molecule has 70 valence electrons. The lowest BCUT2D eigenvalue weighted by atomic mass is 10.2. The van der Waals surface area contributed by atoms with Gasteiger partial charge in [0, 0.05) is 24.2 Å². The Morgan fingerprint density at radius 3 is 2.69 bits per heavy atom. The molecule has 1 rings (SSSR count). The van der Waals surface area contributed by atoms with Crippen LogP contribution in [0.15, 0.2) is 0 Å². The third-order valence-electron chi connectivity index (χ3n) is 2.20. The van der Waals surface area contributed by atoms with E-state index < -0.39 is 0 Å². The molecule has 0 amide bonds. The highest BCUT2D eigenvalue weighted by molar-refractivity contribution is 5.24. The molecule has 0 unspecified atom stereocenters. The fourth-order valence-electron chi connectivity index (χ4n) is 1.42. The monoisotopic (exact) mass is 177 g/mol. The predicted molar refractivity (Wildman–Crippen MR) is 53.0 cm³/mol. The van der Waals surface area contributed by atoms with Gasteiger partial charge < -0.3 is 5.73 Å². The van der Waals surface area contributed by atoms with Gasteiger partial charge >= 0.3 is 0 Å². The summed E-state index contributed by atoms with van der Waals surface area (Å²) in [4.78, 5) is 0. The van der Waals surface area contributed by atoms with Crippen molar-refractivity contribution in [3.05, 3.63) is 17.0 Å². The highest BCUT2D eigenvalue weighted by atomic mass is 15.3. The van der Waals surface area contributed by atoms with Crippen molar-refractivity contribution in [3.8, 4) is 12.3 Å². The quantitative estimate of drug-likeness (QED) is 0.699. The second-order valence-electron chi connectivity index (χ2n) is 3.03. The van der Waals surface area contributed by atoms with Gasteiger partial charge in [-0.05, 0) is 13.8 Å². The molecule has 3 heteroatoms. The van der Waals surface area contributed by atoms with Crippen LogP contribution >= 0.6 is 0 Å². The Kier molecular flexibility index (Phi) is 3.10. The highest BCUT2D eigenvalue weighted by Crippen LogP contribution is 2.11. The SMILES string of the molecule is C#CCCn1nc(C)c(CN)c1C. The van der Waals surface area contributed by atoms with Gasteiger partial charge in [0.15, 0.2) is 0 Å². The van der Waals surface area contributed by atoms with Crippen molar-refractivity contribution in [2.45, 2.75) is 33.4 Å². The second kappa shape index (κ2) is 4.11. The van der Waals surface area contributed by atoms with E-state index in [2.05, 4.69) is 11.0 Å². The molecular weight excluding hydrogens is 162 g/mol. The summed E-state index contributed by atoms with van der Waals surface area (Å²) in [5.74, 6) is 2.60. The topological polar surface area (TPSA) is 43.8 Å². The lowest BCUT2D eigenvalue weighted by Gasteiger charge is -2.01. The second-order valence-corrected chi connectivity index (χ2v) is 3.03. The number of aryl methyl sites for hydroxylation is 2. The predicted octanol–water partition coefficient (Wildman–Crippen LogP) is 0.982. The summed E-state index contributed by atoms with van der Waals surface area (Å²) in [6.07, 6.45) is 5.90. The highest BCUT2D eigenvalue weighted by Gasteiger charge is 2.08. The number of nitrogens with zero attached hydrogens (tertiary/aromatic N) is 2. The number of hydrogen-bond donors (Lipinski definition) is 1. The standard InChI is InChI=1S/C10H15N3/c1-4-5-6-13-9(3)10(7-11)8(2)12-13/h1H,5-7,11H2,2-3H3. The zero-order valence-corrected chi connectivity index (χ0v) is 8.17. The molecule has 0 aliphatic heterocycles. The molecule has 1 aromatic rings. The van der Waals surface area contributed by atoms with Gasteiger partial charge in [-0.1, -0.05) is 0 Å². The summed E-state index contributed by atoms with van der Waals surface area (Å²) in [6.45, 7) is 5.33. The average molecular weight is 177 g/mol. The van der Waals surface area contributed by atoms with Crippen LogP contribution in [0.5, 0.6) is 0 Å². The maximum atomic E-state index is 5.60. The Morgan fingerprint density at radius 1 is 1.54 bits per heavy atom. The van der Waals surface area contributed by atoms with Crippen LogP contribution in [0.2, 0.25) is 0 Å². The largest absolute Gasteiger partial charge is 0.326 e. The molecule has 0 aliphatic rings. The van der Waals surface area contributed by atoms with Crippen LogP contribution in [-0.2, 0) is 13.1 Å². The van der Waals surface area contributed by atoms with Gasteiger partial charge in [0.2, 0.25) is 0 Å². The third-order valence-corrected chi connectivity index (χ3v) is 2.20. The molecule has 0 aliphatic carbocycles. The van der Waals surface area contributed by atoms with Gasteiger partial charge in [0.1, 0.15) is 0 Å². The Bertz CT molecular complexity index is 331. The normalized spacial score (nSPS) is 10.0. The van der Waals surface area contributed by atoms with E-state index in [1.807, 2.05) is 18.5 Å². The zero-order chi connectivity index (χ0) is 9.84. The molecule has 0 saturated carbocycles. The van der Waals surface area contributed by atoms with Crippen molar-refractivity contribution in [2.75, 3.05) is 0 Å². The van der Waals surface area contributed by atoms with Crippen molar-refractivity contribution < 1.29 is 0 Å². The van der Waals surface area contributed by atoms with Crippen molar-refractivity contribution in [1.82, 2.24) is 9.78 Å². The molecule has 0 radical (unpaired) electrons. The van der Waals surface area contributed by atoms with E-state index in [0.29, 0.717) is 13.0 Å². The minimum atomic E-state index is 0.549. The summed E-state index contributed by atoms with van der Waals surface area (Å²) < 4.78 is 1.93. The van der Waals surface area contributed by atoms with E-state index >= 15 is 0 Å². The number of aromatic nitrogens is 2. The van der Waals surface area contributed by atoms with Crippen LogP contribution in [0.3, 0.4) is 0 Å². The van der Waals surface area contributed by atoms with Crippen molar-refractivity contribution in [2.24, 2.45) is 5.73 Å². The molecule has 13 heavy (non-hydrogen) atoms. The van der Waals surface area contributed by atoms with Gasteiger partial charge in [-0.2, -0.15) is 5.10 Å². The number of nitrogens with two attached hydrogens (primary N) is 1.